The van der Waals surface area contributed by atoms with Crippen molar-refractivity contribution in [1.29, 1.82) is 0 Å². The normalized spacial score (nSPS) is 11.9. The lowest BCUT2D eigenvalue weighted by Gasteiger charge is -2.20. The highest BCUT2D eigenvalue weighted by Crippen LogP contribution is 2.35. The number of hydrogen-bond donors (Lipinski definition) is 0. The topological polar surface area (TPSA) is 38.7 Å². The number of aromatic nitrogens is 3. The molecule has 1 heterocycles. The molecule has 0 fully saturated rings. The van der Waals surface area contributed by atoms with Gasteiger partial charge in [-0.25, -0.2) is 15.0 Å². The van der Waals surface area contributed by atoms with Crippen LogP contribution in [-0.2, 0) is 10.8 Å². The van der Waals surface area contributed by atoms with Gasteiger partial charge in [-0.05, 0) is 86.7 Å². The van der Waals surface area contributed by atoms with Gasteiger partial charge >= 0.3 is 0 Å². The summed E-state index contributed by atoms with van der Waals surface area (Å²) in [6.07, 6.45) is 0. The van der Waals surface area contributed by atoms with E-state index in [0.29, 0.717) is 17.5 Å². The van der Waals surface area contributed by atoms with E-state index in [0.717, 1.165) is 47.9 Å². The molecule has 6 rings (SSSR count). The summed E-state index contributed by atoms with van der Waals surface area (Å²) in [5.74, 6) is 1.89. The number of benzene rings is 5. The molecule has 1 aromatic heterocycles. The highest BCUT2D eigenvalue weighted by atomic mass is 79.9. The Morgan fingerprint density at radius 1 is 0.348 bits per heavy atom. The van der Waals surface area contributed by atoms with Crippen LogP contribution >= 0.6 is 31.9 Å². The highest BCUT2D eigenvalue weighted by molar-refractivity contribution is 9.10. The predicted molar refractivity (Wildman–Crippen MR) is 200 cm³/mol. The third-order valence-corrected chi connectivity index (χ3v) is 9.26. The van der Waals surface area contributed by atoms with Gasteiger partial charge in [0.1, 0.15) is 0 Å². The van der Waals surface area contributed by atoms with Crippen LogP contribution in [0.1, 0.15) is 52.7 Å². The zero-order chi connectivity index (χ0) is 32.6. The Labute approximate surface area is 289 Å². The maximum Gasteiger partial charge on any atom is 0.164 e. The summed E-state index contributed by atoms with van der Waals surface area (Å²) in [6.45, 7) is 13.5. The number of rotatable bonds is 5. The summed E-state index contributed by atoms with van der Waals surface area (Å²) in [4.78, 5) is 15.1. The molecule has 0 N–H and O–H groups in total. The molecule has 5 aromatic carbocycles. The molecular formula is C41H37Br2N3. The van der Waals surface area contributed by atoms with Gasteiger partial charge in [-0.2, -0.15) is 0 Å². The van der Waals surface area contributed by atoms with Crippen LogP contribution in [0.15, 0.2) is 124 Å². The van der Waals surface area contributed by atoms with Crippen LogP contribution in [0.3, 0.4) is 0 Å². The van der Waals surface area contributed by atoms with Crippen molar-refractivity contribution in [2.45, 2.75) is 52.4 Å². The quantitative estimate of drug-likeness (QED) is 0.177. The van der Waals surface area contributed by atoms with Gasteiger partial charge in [0.15, 0.2) is 17.5 Å². The molecule has 46 heavy (non-hydrogen) atoms. The molecule has 0 unspecified atom stereocenters. The van der Waals surface area contributed by atoms with Gasteiger partial charge in [-0.1, -0.05) is 146 Å². The Morgan fingerprint density at radius 2 is 0.630 bits per heavy atom. The maximum atomic E-state index is 5.06. The minimum atomic E-state index is 0.0814. The van der Waals surface area contributed by atoms with Crippen LogP contribution in [0, 0.1) is 0 Å². The third kappa shape index (κ3) is 7.22. The molecule has 0 radical (unpaired) electrons. The molecule has 3 nitrogen and oxygen atoms in total. The molecule has 0 saturated carbocycles. The molecule has 230 valence electrons. The number of nitrogens with zero attached hydrogens (tertiary/aromatic N) is 3. The van der Waals surface area contributed by atoms with Crippen molar-refractivity contribution in [2.24, 2.45) is 0 Å². The van der Waals surface area contributed by atoms with Crippen LogP contribution in [0.4, 0.5) is 0 Å². The molecule has 0 bridgehead atoms. The molecule has 5 heteroatoms. The van der Waals surface area contributed by atoms with Gasteiger partial charge in [0.25, 0.3) is 0 Å². The lowest BCUT2D eigenvalue weighted by Crippen LogP contribution is -2.10. The van der Waals surface area contributed by atoms with Gasteiger partial charge in [0.2, 0.25) is 0 Å². The van der Waals surface area contributed by atoms with E-state index in [1.807, 2.05) is 48.5 Å². The van der Waals surface area contributed by atoms with Crippen molar-refractivity contribution < 1.29 is 0 Å². The number of hydrogen-bond acceptors (Lipinski definition) is 3. The smallest absolute Gasteiger partial charge is 0.164 e. The van der Waals surface area contributed by atoms with E-state index in [1.54, 1.807) is 0 Å². The van der Waals surface area contributed by atoms with Crippen molar-refractivity contribution in [3.8, 4) is 56.4 Å². The van der Waals surface area contributed by atoms with Crippen molar-refractivity contribution >= 4 is 31.9 Å². The average molecular weight is 732 g/mol. The van der Waals surface area contributed by atoms with E-state index in [9.17, 15) is 0 Å². The van der Waals surface area contributed by atoms with E-state index in [4.69, 9.17) is 15.0 Å². The minimum Gasteiger partial charge on any atom is -0.208 e. The van der Waals surface area contributed by atoms with E-state index in [1.165, 1.54) is 11.1 Å². The summed E-state index contributed by atoms with van der Waals surface area (Å²) >= 11 is 7.12. The first-order chi connectivity index (χ1) is 21.8. The van der Waals surface area contributed by atoms with Crippen LogP contribution < -0.4 is 0 Å². The fourth-order valence-corrected chi connectivity index (χ4v) is 5.91. The Balaban J connectivity index is 1.55. The Bertz CT molecular complexity index is 1840. The average Bonchev–Trinajstić information content (AvgIpc) is 3.04. The Morgan fingerprint density at radius 3 is 0.957 bits per heavy atom. The lowest BCUT2D eigenvalue weighted by atomic mass is 9.85. The van der Waals surface area contributed by atoms with E-state index < -0.39 is 0 Å². The fourth-order valence-electron chi connectivity index (χ4n) is 5.38. The predicted octanol–water partition coefficient (Wildman–Crippen LogP) is 12.3. The summed E-state index contributed by atoms with van der Waals surface area (Å²) in [6, 6.07) is 40.7. The second-order valence-corrected chi connectivity index (χ2v) is 15.6. The zero-order valence-corrected chi connectivity index (χ0v) is 30.2. The molecule has 0 aliphatic heterocycles. The second kappa shape index (κ2) is 12.7. The standard InChI is InChI=1S/C41H37Br2N3/c1-40(2,3)33-15-7-26(8-16-33)30-23-31(27-9-17-34(18-10-27)41(4,5)6)25-32(24-30)39-45-37(28-11-19-35(42)20-12-28)44-38(46-39)29-13-21-36(43)22-14-29/h7-25H,1-6H3. The molecular weight excluding hydrogens is 694 g/mol. The monoisotopic (exact) mass is 729 g/mol. The lowest BCUT2D eigenvalue weighted by molar-refractivity contribution is 0.590. The van der Waals surface area contributed by atoms with Crippen LogP contribution in [0.5, 0.6) is 0 Å². The van der Waals surface area contributed by atoms with Gasteiger partial charge in [0.05, 0.1) is 0 Å². The van der Waals surface area contributed by atoms with Crippen molar-refractivity contribution in [3.05, 3.63) is 135 Å². The summed E-state index contributed by atoms with van der Waals surface area (Å²) < 4.78 is 2.01. The van der Waals surface area contributed by atoms with E-state index in [-0.39, 0.29) is 10.8 Å². The molecule has 6 aromatic rings. The molecule has 0 atom stereocenters. The second-order valence-electron chi connectivity index (χ2n) is 13.8. The largest absolute Gasteiger partial charge is 0.208 e. The first-order valence-electron chi connectivity index (χ1n) is 15.5. The van der Waals surface area contributed by atoms with Gasteiger partial charge in [-0.15, -0.1) is 0 Å². The molecule has 0 aliphatic carbocycles. The summed E-state index contributed by atoms with van der Waals surface area (Å²) in [5.41, 5.74) is 10.1. The first-order valence-corrected chi connectivity index (χ1v) is 17.1. The number of halogens is 2. The van der Waals surface area contributed by atoms with Gasteiger partial charge < -0.3 is 0 Å². The molecule has 0 aliphatic rings. The third-order valence-electron chi connectivity index (χ3n) is 8.20. The highest BCUT2D eigenvalue weighted by Gasteiger charge is 2.18. The van der Waals surface area contributed by atoms with Crippen molar-refractivity contribution in [3.63, 3.8) is 0 Å². The zero-order valence-electron chi connectivity index (χ0n) is 27.1. The maximum absolute atomic E-state index is 5.06. The first kappa shape index (κ1) is 32.0. The summed E-state index contributed by atoms with van der Waals surface area (Å²) in [5, 5.41) is 0. The van der Waals surface area contributed by atoms with E-state index in [2.05, 4.69) is 140 Å². The summed E-state index contributed by atoms with van der Waals surface area (Å²) in [7, 11) is 0. The van der Waals surface area contributed by atoms with Crippen LogP contribution in [0.2, 0.25) is 0 Å². The van der Waals surface area contributed by atoms with Crippen molar-refractivity contribution in [2.75, 3.05) is 0 Å². The molecule has 0 saturated heterocycles. The van der Waals surface area contributed by atoms with Gasteiger partial charge in [-0.3, -0.25) is 0 Å². The van der Waals surface area contributed by atoms with E-state index >= 15 is 0 Å². The Hall–Kier alpha value is -3.93. The van der Waals surface area contributed by atoms with Gasteiger partial charge in [0, 0.05) is 25.6 Å². The van der Waals surface area contributed by atoms with Crippen LogP contribution in [0.25, 0.3) is 56.4 Å². The molecule has 0 amide bonds. The SMILES string of the molecule is CC(C)(C)c1ccc(-c2cc(-c3ccc(C(C)(C)C)cc3)cc(-c3nc(-c4ccc(Br)cc4)nc(-c4ccc(Br)cc4)n3)c2)cc1. The minimum absolute atomic E-state index is 0.0814. The fraction of sp³-hybridized carbons (Fsp3) is 0.195. The van der Waals surface area contributed by atoms with Crippen molar-refractivity contribution in [1.82, 2.24) is 15.0 Å². The Kier molecular flexibility index (Phi) is 8.84. The van der Waals surface area contributed by atoms with Crippen LogP contribution in [-0.4, -0.2) is 15.0 Å². The molecule has 0 spiro atoms.